The fourth-order valence-electron chi connectivity index (χ4n) is 3.37. The number of nitrogens with zero attached hydrogens (tertiary/aromatic N) is 2. The van der Waals surface area contributed by atoms with Crippen LogP contribution < -0.4 is 10.6 Å². The third kappa shape index (κ3) is 4.21. The summed E-state index contributed by atoms with van der Waals surface area (Å²) in [5.74, 6) is -1.11. The van der Waals surface area contributed by atoms with Gasteiger partial charge in [-0.15, -0.1) is 0 Å². The number of aliphatic carboxylic acids is 1. The molecule has 0 bridgehead atoms. The van der Waals surface area contributed by atoms with Crippen molar-refractivity contribution in [3.8, 4) is 0 Å². The average molecular weight is 356 g/mol. The molecule has 2 amide bonds. The molecule has 1 aliphatic carbocycles. The number of urea groups is 1. The summed E-state index contributed by atoms with van der Waals surface area (Å²) in [6, 6.07) is 0.417. The summed E-state index contributed by atoms with van der Waals surface area (Å²) in [5.41, 5.74) is -0.802. The van der Waals surface area contributed by atoms with Crippen molar-refractivity contribution in [2.45, 2.75) is 46.2 Å². The molecule has 25 heavy (non-hydrogen) atoms. The number of alkyl halides is 2. The molecule has 1 aliphatic rings. The number of nitrogens with one attached hydrogen (secondary N) is 2. The predicted octanol–water partition coefficient (Wildman–Crippen LogP) is 2.35. The Bertz CT molecular complexity index is 654. The van der Waals surface area contributed by atoms with E-state index >= 15 is 0 Å². The number of carbonyl (C=O) groups excluding carboxylic acids is 1. The first kappa shape index (κ1) is 19.0. The lowest BCUT2D eigenvalue weighted by Crippen LogP contribution is -2.57. The number of carboxylic acids is 1. The van der Waals surface area contributed by atoms with Crippen molar-refractivity contribution >= 4 is 12.0 Å². The van der Waals surface area contributed by atoms with Crippen LogP contribution in [0, 0.1) is 17.3 Å². The normalized spacial score (nSPS) is 22.8. The Kier molecular flexibility index (Phi) is 5.54. The fourth-order valence-corrected chi connectivity index (χ4v) is 3.37. The molecule has 1 heterocycles. The zero-order valence-electron chi connectivity index (χ0n) is 14.3. The van der Waals surface area contributed by atoms with E-state index in [1.807, 2.05) is 20.8 Å². The van der Waals surface area contributed by atoms with Crippen LogP contribution in [-0.4, -0.2) is 33.1 Å². The molecule has 7 nitrogen and oxygen atoms in total. The maximum atomic E-state index is 12.6. The summed E-state index contributed by atoms with van der Waals surface area (Å²) in [7, 11) is 0. The van der Waals surface area contributed by atoms with Gasteiger partial charge in [-0.25, -0.2) is 23.5 Å². The second-order valence-corrected chi connectivity index (χ2v) is 6.87. The Morgan fingerprint density at radius 3 is 2.68 bits per heavy atom. The molecule has 1 aromatic heterocycles. The summed E-state index contributed by atoms with van der Waals surface area (Å²) in [4.78, 5) is 30.6. The van der Waals surface area contributed by atoms with E-state index in [1.54, 1.807) is 0 Å². The van der Waals surface area contributed by atoms with Gasteiger partial charge in [0.1, 0.15) is 11.5 Å². The van der Waals surface area contributed by atoms with Crippen molar-refractivity contribution in [1.82, 2.24) is 20.6 Å². The molecule has 3 N–H and O–H groups in total. The summed E-state index contributed by atoms with van der Waals surface area (Å²) < 4.78 is 25.2. The first-order valence-electron chi connectivity index (χ1n) is 8.00. The number of amides is 2. The minimum absolute atomic E-state index is 0.0396. The van der Waals surface area contributed by atoms with Gasteiger partial charge in [0.05, 0.1) is 12.5 Å². The quantitative estimate of drug-likeness (QED) is 0.726. The molecular formula is C16H22F2N4O3. The van der Waals surface area contributed by atoms with Crippen molar-refractivity contribution in [1.29, 1.82) is 0 Å². The lowest BCUT2D eigenvalue weighted by atomic mass is 9.53. The zero-order valence-corrected chi connectivity index (χ0v) is 14.3. The van der Waals surface area contributed by atoms with Gasteiger partial charge in [-0.05, 0) is 30.7 Å². The van der Waals surface area contributed by atoms with Crippen LogP contribution in [0.1, 0.15) is 45.1 Å². The Hall–Kier alpha value is -2.32. The molecule has 0 radical (unpaired) electrons. The molecule has 9 heteroatoms. The van der Waals surface area contributed by atoms with E-state index in [4.69, 9.17) is 5.11 Å². The number of rotatable bonds is 6. The van der Waals surface area contributed by atoms with Crippen LogP contribution in [-0.2, 0) is 11.3 Å². The van der Waals surface area contributed by atoms with Crippen LogP contribution in [0.25, 0.3) is 0 Å². The van der Waals surface area contributed by atoms with Crippen LogP contribution in [0.4, 0.5) is 13.6 Å². The lowest BCUT2D eigenvalue weighted by molar-refractivity contribution is -0.160. The van der Waals surface area contributed by atoms with E-state index in [0.29, 0.717) is 6.42 Å². The van der Waals surface area contributed by atoms with Gasteiger partial charge in [-0.1, -0.05) is 13.8 Å². The van der Waals surface area contributed by atoms with E-state index in [-0.39, 0.29) is 24.3 Å². The Morgan fingerprint density at radius 1 is 1.44 bits per heavy atom. The summed E-state index contributed by atoms with van der Waals surface area (Å²) >= 11 is 0. The van der Waals surface area contributed by atoms with Gasteiger partial charge in [0, 0.05) is 12.2 Å². The standard InChI is InChI=1S/C16H22F2N4O3/c1-8(9-6-10(14(23)24)16(9,2)3)21-15(25)20-7-12-19-5-4-11(22-12)13(17)18/h4-5,8-10,13H,6-7H2,1-3H3,(H,23,24)(H2,20,21,25)/t8?,9-,10+/m0/s1. The Balaban J connectivity index is 1.85. The molecule has 0 aromatic carbocycles. The van der Waals surface area contributed by atoms with Gasteiger partial charge < -0.3 is 15.7 Å². The molecule has 1 fully saturated rings. The van der Waals surface area contributed by atoms with Crippen LogP contribution in [0.5, 0.6) is 0 Å². The number of carboxylic acid groups (broad SMARTS) is 1. The highest BCUT2D eigenvalue weighted by Crippen LogP contribution is 2.52. The maximum Gasteiger partial charge on any atom is 0.315 e. The van der Waals surface area contributed by atoms with Crippen molar-refractivity contribution in [3.05, 3.63) is 23.8 Å². The van der Waals surface area contributed by atoms with Crippen molar-refractivity contribution in [3.63, 3.8) is 0 Å². The van der Waals surface area contributed by atoms with E-state index < -0.39 is 35.5 Å². The number of hydrogen-bond donors (Lipinski definition) is 3. The second-order valence-electron chi connectivity index (χ2n) is 6.87. The van der Waals surface area contributed by atoms with Crippen molar-refractivity contribution < 1.29 is 23.5 Å². The summed E-state index contributed by atoms with van der Waals surface area (Å²) in [6.07, 6.45) is -0.975. The van der Waals surface area contributed by atoms with Crippen molar-refractivity contribution in [2.75, 3.05) is 0 Å². The third-order valence-corrected chi connectivity index (χ3v) is 4.96. The molecule has 1 saturated carbocycles. The van der Waals surface area contributed by atoms with E-state index in [2.05, 4.69) is 20.6 Å². The first-order valence-corrected chi connectivity index (χ1v) is 8.00. The topological polar surface area (TPSA) is 104 Å². The molecule has 0 saturated heterocycles. The van der Waals surface area contributed by atoms with E-state index in [1.165, 1.54) is 6.20 Å². The maximum absolute atomic E-state index is 12.6. The van der Waals surface area contributed by atoms with Gasteiger partial charge >= 0.3 is 12.0 Å². The number of hydrogen-bond acceptors (Lipinski definition) is 4. The molecule has 0 spiro atoms. The molecule has 138 valence electrons. The largest absolute Gasteiger partial charge is 0.481 e. The smallest absolute Gasteiger partial charge is 0.315 e. The van der Waals surface area contributed by atoms with Crippen LogP contribution in [0.2, 0.25) is 0 Å². The molecule has 1 aromatic rings. The Labute approximate surface area is 144 Å². The number of carbonyl (C=O) groups is 2. The predicted molar refractivity (Wildman–Crippen MR) is 84.8 cm³/mol. The highest BCUT2D eigenvalue weighted by Gasteiger charge is 2.53. The first-order chi connectivity index (χ1) is 11.6. The Morgan fingerprint density at radius 2 is 2.12 bits per heavy atom. The zero-order chi connectivity index (χ0) is 18.8. The van der Waals surface area contributed by atoms with Gasteiger partial charge in [0.25, 0.3) is 6.43 Å². The molecule has 3 atom stereocenters. The second kappa shape index (κ2) is 7.28. The third-order valence-electron chi connectivity index (χ3n) is 4.96. The minimum atomic E-state index is -2.70. The highest BCUT2D eigenvalue weighted by atomic mass is 19.3. The van der Waals surface area contributed by atoms with Crippen LogP contribution in [0.15, 0.2) is 12.3 Å². The van der Waals surface area contributed by atoms with Crippen LogP contribution in [0.3, 0.4) is 0 Å². The average Bonchev–Trinajstić information content (AvgIpc) is 2.51. The van der Waals surface area contributed by atoms with Gasteiger partial charge in [-0.2, -0.15) is 0 Å². The SMILES string of the molecule is CC(NC(=O)NCc1nccc(C(F)F)n1)[C@@H]1C[C@H](C(=O)O)C1(C)C. The number of aromatic nitrogens is 2. The fraction of sp³-hybridized carbons (Fsp3) is 0.625. The van der Waals surface area contributed by atoms with E-state index in [0.717, 1.165) is 6.07 Å². The lowest BCUT2D eigenvalue weighted by Gasteiger charge is -2.52. The molecular weight excluding hydrogens is 334 g/mol. The van der Waals surface area contributed by atoms with Gasteiger partial charge in [0.2, 0.25) is 0 Å². The van der Waals surface area contributed by atoms with Gasteiger partial charge in [-0.3, -0.25) is 4.79 Å². The van der Waals surface area contributed by atoms with Crippen LogP contribution >= 0.6 is 0 Å². The summed E-state index contributed by atoms with van der Waals surface area (Å²) in [6.45, 7) is 5.49. The number of halogens is 2. The van der Waals surface area contributed by atoms with Gasteiger partial charge in [0.15, 0.2) is 0 Å². The van der Waals surface area contributed by atoms with Crippen molar-refractivity contribution in [2.24, 2.45) is 17.3 Å². The molecule has 2 rings (SSSR count). The minimum Gasteiger partial charge on any atom is -0.481 e. The highest BCUT2D eigenvalue weighted by molar-refractivity contribution is 5.75. The molecule has 0 aliphatic heterocycles. The summed E-state index contributed by atoms with van der Waals surface area (Å²) in [5, 5.41) is 14.4. The monoisotopic (exact) mass is 356 g/mol. The molecule has 1 unspecified atom stereocenters. The van der Waals surface area contributed by atoms with E-state index in [9.17, 15) is 18.4 Å².